The standard InChI is InChI=1S/C15H19N5O3/c1-18-9-12(8-16-18)7-11-5-6-19(10-11)15-13(20(21)22)3-4-14(17-15)23-2/h3-4,8-9,11H,5-7,10H2,1-2H3/t11-/m1/s1. The Balaban J connectivity index is 1.76. The van der Waals surface area contributed by atoms with Crippen LogP contribution in [0.5, 0.6) is 5.88 Å². The van der Waals surface area contributed by atoms with Crippen LogP contribution in [-0.4, -0.2) is 39.9 Å². The van der Waals surface area contributed by atoms with Crippen LogP contribution < -0.4 is 9.64 Å². The lowest BCUT2D eigenvalue weighted by molar-refractivity contribution is -0.384. The number of nitro groups is 1. The number of hydrogen-bond acceptors (Lipinski definition) is 6. The van der Waals surface area contributed by atoms with Gasteiger partial charge < -0.3 is 9.64 Å². The lowest BCUT2D eigenvalue weighted by Crippen LogP contribution is -2.22. The summed E-state index contributed by atoms with van der Waals surface area (Å²) in [5, 5.41) is 15.4. The average Bonchev–Trinajstić information content (AvgIpc) is 3.16. The first-order valence-electron chi connectivity index (χ1n) is 7.48. The maximum Gasteiger partial charge on any atom is 0.311 e. The summed E-state index contributed by atoms with van der Waals surface area (Å²) in [6.45, 7) is 1.50. The molecule has 0 aliphatic carbocycles. The Hall–Kier alpha value is -2.64. The van der Waals surface area contributed by atoms with E-state index in [4.69, 9.17) is 4.74 Å². The van der Waals surface area contributed by atoms with Crippen molar-refractivity contribution in [1.29, 1.82) is 0 Å². The van der Waals surface area contributed by atoms with Crippen LogP contribution in [-0.2, 0) is 13.5 Å². The van der Waals surface area contributed by atoms with Crippen molar-refractivity contribution < 1.29 is 9.66 Å². The zero-order valence-corrected chi connectivity index (χ0v) is 13.2. The van der Waals surface area contributed by atoms with Gasteiger partial charge in [-0.2, -0.15) is 10.1 Å². The maximum atomic E-state index is 11.2. The van der Waals surface area contributed by atoms with E-state index in [1.807, 2.05) is 24.3 Å². The monoisotopic (exact) mass is 317 g/mol. The minimum Gasteiger partial charge on any atom is -0.481 e. The summed E-state index contributed by atoms with van der Waals surface area (Å²) in [6.07, 6.45) is 5.77. The smallest absolute Gasteiger partial charge is 0.311 e. The highest BCUT2D eigenvalue weighted by molar-refractivity contribution is 5.59. The Morgan fingerprint density at radius 3 is 2.96 bits per heavy atom. The molecule has 0 aromatic carbocycles. The van der Waals surface area contributed by atoms with E-state index in [2.05, 4.69) is 10.1 Å². The second-order valence-corrected chi connectivity index (χ2v) is 5.78. The zero-order valence-electron chi connectivity index (χ0n) is 13.2. The van der Waals surface area contributed by atoms with Crippen molar-refractivity contribution in [2.45, 2.75) is 12.8 Å². The molecule has 1 aliphatic heterocycles. The number of aromatic nitrogens is 3. The minimum atomic E-state index is -0.393. The zero-order chi connectivity index (χ0) is 16.4. The van der Waals surface area contributed by atoms with E-state index in [-0.39, 0.29) is 5.69 Å². The second-order valence-electron chi connectivity index (χ2n) is 5.78. The summed E-state index contributed by atoms with van der Waals surface area (Å²) < 4.78 is 6.89. The number of aryl methyl sites for hydroxylation is 1. The van der Waals surface area contributed by atoms with Gasteiger partial charge in [-0.3, -0.25) is 14.8 Å². The Bertz CT molecular complexity index is 715. The molecule has 0 unspecified atom stereocenters. The van der Waals surface area contributed by atoms with Gasteiger partial charge >= 0.3 is 5.69 Å². The number of rotatable bonds is 5. The minimum absolute atomic E-state index is 0.0211. The molecule has 1 saturated heterocycles. The molecule has 1 aliphatic rings. The molecule has 1 atom stereocenters. The molecule has 1 fully saturated rings. The van der Waals surface area contributed by atoms with Gasteiger partial charge in [-0.25, -0.2) is 0 Å². The molecule has 2 aromatic rings. The lowest BCUT2D eigenvalue weighted by atomic mass is 10.0. The predicted molar refractivity (Wildman–Crippen MR) is 84.7 cm³/mol. The van der Waals surface area contributed by atoms with Crippen LogP contribution in [0, 0.1) is 16.0 Å². The number of anilines is 1. The highest BCUT2D eigenvalue weighted by Crippen LogP contribution is 2.33. The first-order chi connectivity index (χ1) is 11.1. The van der Waals surface area contributed by atoms with Gasteiger partial charge in [0, 0.05) is 38.5 Å². The van der Waals surface area contributed by atoms with Crippen molar-refractivity contribution in [2.24, 2.45) is 13.0 Å². The Morgan fingerprint density at radius 2 is 2.30 bits per heavy atom. The molecule has 0 spiro atoms. The Morgan fingerprint density at radius 1 is 1.48 bits per heavy atom. The summed E-state index contributed by atoms with van der Waals surface area (Å²) in [7, 11) is 3.40. The van der Waals surface area contributed by atoms with Gasteiger partial charge in [0.1, 0.15) is 0 Å². The molecular weight excluding hydrogens is 298 g/mol. The SMILES string of the molecule is COc1ccc([N+](=O)[O-])c(N2CC[C@H](Cc3cnn(C)c3)C2)n1. The molecule has 8 heteroatoms. The topological polar surface area (TPSA) is 86.3 Å². The summed E-state index contributed by atoms with van der Waals surface area (Å²) in [4.78, 5) is 17.1. The fraction of sp³-hybridized carbons (Fsp3) is 0.467. The molecule has 2 aromatic heterocycles. The summed E-state index contributed by atoms with van der Waals surface area (Å²) >= 11 is 0. The highest BCUT2D eigenvalue weighted by Gasteiger charge is 2.29. The van der Waals surface area contributed by atoms with Gasteiger partial charge in [0.15, 0.2) is 0 Å². The normalized spacial score (nSPS) is 17.5. The van der Waals surface area contributed by atoms with Crippen LogP contribution in [0.2, 0.25) is 0 Å². The number of hydrogen-bond donors (Lipinski definition) is 0. The van der Waals surface area contributed by atoms with Gasteiger partial charge in [0.05, 0.1) is 18.2 Å². The molecular formula is C15H19N5O3. The molecule has 0 radical (unpaired) electrons. The highest BCUT2D eigenvalue weighted by atomic mass is 16.6. The van der Waals surface area contributed by atoms with Crippen molar-refractivity contribution in [3.05, 3.63) is 40.2 Å². The van der Waals surface area contributed by atoms with E-state index in [1.54, 1.807) is 4.68 Å². The third-order valence-electron chi connectivity index (χ3n) is 4.10. The summed E-state index contributed by atoms with van der Waals surface area (Å²) in [6, 6.07) is 2.97. The van der Waals surface area contributed by atoms with E-state index in [1.165, 1.54) is 24.8 Å². The maximum absolute atomic E-state index is 11.2. The van der Waals surface area contributed by atoms with Crippen molar-refractivity contribution in [3.63, 3.8) is 0 Å². The van der Waals surface area contributed by atoms with Crippen LogP contribution in [0.15, 0.2) is 24.5 Å². The van der Waals surface area contributed by atoms with Gasteiger partial charge in [-0.1, -0.05) is 0 Å². The molecule has 23 heavy (non-hydrogen) atoms. The largest absolute Gasteiger partial charge is 0.481 e. The second kappa shape index (κ2) is 6.23. The van der Waals surface area contributed by atoms with Crippen molar-refractivity contribution in [3.8, 4) is 5.88 Å². The van der Waals surface area contributed by atoms with E-state index in [0.717, 1.165) is 25.9 Å². The molecule has 3 rings (SSSR count). The number of ether oxygens (including phenoxy) is 1. The third-order valence-corrected chi connectivity index (χ3v) is 4.10. The fourth-order valence-corrected chi connectivity index (χ4v) is 3.01. The van der Waals surface area contributed by atoms with Crippen LogP contribution in [0.4, 0.5) is 11.5 Å². The average molecular weight is 317 g/mol. The van der Waals surface area contributed by atoms with Crippen LogP contribution in [0.25, 0.3) is 0 Å². The number of methoxy groups -OCH3 is 1. The van der Waals surface area contributed by atoms with E-state index in [0.29, 0.717) is 17.6 Å². The predicted octanol–water partition coefficient (Wildman–Crippen LogP) is 1.80. The molecule has 0 saturated carbocycles. The third kappa shape index (κ3) is 3.25. The van der Waals surface area contributed by atoms with Crippen molar-refractivity contribution in [1.82, 2.24) is 14.8 Å². The van der Waals surface area contributed by atoms with Crippen LogP contribution >= 0.6 is 0 Å². The molecule has 0 N–H and O–H groups in total. The van der Waals surface area contributed by atoms with Gasteiger partial charge in [-0.15, -0.1) is 0 Å². The quantitative estimate of drug-likeness (QED) is 0.617. The van der Waals surface area contributed by atoms with Crippen molar-refractivity contribution in [2.75, 3.05) is 25.1 Å². The summed E-state index contributed by atoms with van der Waals surface area (Å²) in [5.74, 6) is 1.22. The Labute approximate surface area is 133 Å². The van der Waals surface area contributed by atoms with Crippen molar-refractivity contribution >= 4 is 11.5 Å². The van der Waals surface area contributed by atoms with Crippen LogP contribution in [0.1, 0.15) is 12.0 Å². The number of pyridine rings is 1. The van der Waals surface area contributed by atoms with Gasteiger partial charge in [-0.05, 0) is 24.3 Å². The molecule has 0 amide bonds. The molecule has 8 nitrogen and oxygen atoms in total. The summed E-state index contributed by atoms with van der Waals surface area (Å²) in [5.41, 5.74) is 1.21. The van der Waals surface area contributed by atoms with Gasteiger partial charge in [0.25, 0.3) is 0 Å². The first-order valence-corrected chi connectivity index (χ1v) is 7.48. The first kappa shape index (κ1) is 15.3. The molecule has 0 bridgehead atoms. The van der Waals surface area contributed by atoms with Crippen LogP contribution in [0.3, 0.4) is 0 Å². The van der Waals surface area contributed by atoms with E-state index < -0.39 is 4.92 Å². The molecule has 122 valence electrons. The van der Waals surface area contributed by atoms with E-state index in [9.17, 15) is 10.1 Å². The lowest BCUT2D eigenvalue weighted by Gasteiger charge is -2.17. The fourth-order valence-electron chi connectivity index (χ4n) is 3.01. The number of nitrogens with zero attached hydrogens (tertiary/aromatic N) is 5. The Kier molecular flexibility index (Phi) is 4.14. The van der Waals surface area contributed by atoms with Gasteiger partial charge in [0.2, 0.25) is 11.7 Å². The van der Waals surface area contributed by atoms with E-state index >= 15 is 0 Å². The molecule has 3 heterocycles.